The molecule has 0 amide bonds. The Labute approximate surface area is 174 Å². The first-order valence-corrected chi connectivity index (χ1v) is 10.9. The molecule has 0 saturated heterocycles. The van der Waals surface area contributed by atoms with Crippen molar-refractivity contribution in [2.24, 2.45) is 0 Å². The van der Waals surface area contributed by atoms with Gasteiger partial charge in [0.05, 0.1) is 13.0 Å². The maximum atomic E-state index is 5.84. The average molecular weight is 381 g/mol. The Kier molecular flexibility index (Phi) is 4.97. The van der Waals surface area contributed by atoms with Crippen LogP contribution < -0.4 is 0 Å². The molecule has 2 aliphatic carbocycles. The summed E-state index contributed by atoms with van der Waals surface area (Å²) in [6.07, 6.45) is 9.49. The molecule has 2 aliphatic rings. The molecule has 0 aromatic heterocycles. The van der Waals surface area contributed by atoms with Crippen LogP contribution in [0.4, 0.5) is 0 Å². The molecule has 146 valence electrons. The highest BCUT2D eigenvalue weighted by atomic mass is 16.5. The maximum absolute atomic E-state index is 5.84. The summed E-state index contributed by atoms with van der Waals surface area (Å²) >= 11 is 0. The van der Waals surface area contributed by atoms with Crippen LogP contribution in [0.15, 0.2) is 72.5 Å². The standard InChI is InChI=1S/C28H28O/c1-29-27-19-22-12-6-8-14-26(22)28(27)24-17-21-11-5-7-13-25(21)23(18-24)16-15-20-9-3-2-4-10-20/h2-4,6,8-10,12,14,17-19,28H,5,7,11,13,15-16H2,1H3. The Morgan fingerprint density at radius 3 is 2.52 bits per heavy atom. The quantitative estimate of drug-likeness (QED) is 0.492. The van der Waals surface area contributed by atoms with Crippen LogP contribution in [0, 0.1) is 0 Å². The normalized spacial score (nSPS) is 17.4. The average Bonchev–Trinajstić information content (AvgIpc) is 3.16. The zero-order valence-corrected chi connectivity index (χ0v) is 17.2. The van der Waals surface area contributed by atoms with Crippen molar-refractivity contribution in [1.82, 2.24) is 0 Å². The summed E-state index contributed by atoms with van der Waals surface area (Å²) < 4.78 is 5.84. The van der Waals surface area contributed by atoms with E-state index in [0.717, 1.165) is 18.6 Å². The van der Waals surface area contributed by atoms with E-state index in [0.29, 0.717) is 0 Å². The predicted octanol–water partition coefficient (Wildman–Crippen LogP) is 6.48. The Morgan fingerprint density at radius 2 is 1.66 bits per heavy atom. The van der Waals surface area contributed by atoms with Gasteiger partial charge >= 0.3 is 0 Å². The summed E-state index contributed by atoms with van der Waals surface area (Å²) in [6.45, 7) is 0. The van der Waals surface area contributed by atoms with Crippen molar-refractivity contribution < 1.29 is 4.74 Å². The van der Waals surface area contributed by atoms with E-state index in [4.69, 9.17) is 4.74 Å². The largest absolute Gasteiger partial charge is 0.500 e. The van der Waals surface area contributed by atoms with Gasteiger partial charge in [0.15, 0.2) is 0 Å². The lowest BCUT2D eigenvalue weighted by Crippen LogP contribution is -2.11. The number of hydrogen-bond acceptors (Lipinski definition) is 1. The minimum atomic E-state index is 0.221. The molecule has 1 atom stereocenters. The topological polar surface area (TPSA) is 9.23 Å². The molecule has 3 aromatic carbocycles. The first-order valence-electron chi connectivity index (χ1n) is 10.9. The third kappa shape index (κ3) is 3.51. The van der Waals surface area contributed by atoms with Gasteiger partial charge in [0.25, 0.3) is 0 Å². The van der Waals surface area contributed by atoms with Gasteiger partial charge in [-0.3, -0.25) is 0 Å². The van der Waals surface area contributed by atoms with Crippen molar-refractivity contribution in [3.05, 3.63) is 111 Å². The van der Waals surface area contributed by atoms with Crippen LogP contribution in [0.2, 0.25) is 0 Å². The van der Waals surface area contributed by atoms with Crippen LogP contribution in [-0.2, 0) is 30.4 Å². The lowest BCUT2D eigenvalue weighted by atomic mass is 9.81. The highest BCUT2D eigenvalue weighted by molar-refractivity contribution is 5.68. The summed E-state index contributed by atoms with van der Waals surface area (Å²) in [6, 6.07) is 24.5. The first kappa shape index (κ1) is 18.2. The monoisotopic (exact) mass is 380 g/mol. The van der Waals surface area contributed by atoms with E-state index in [2.05, 4.69) is 72.8 Å². The summed E-state index contributed by atoms with van der Waals surface area (Å²) in [5, 5.41) is 0. The number of methoxy groups -OCH3 is 1. The van der Waals surface area contributed by atoms with Gasteiger partial charge in [-0.25, -0.2) is 0 Å². The van der Waals surface area contributed by atoms with Crippen LogP contribution in [0.5, 0.6) is 0 Å². The van der Waals surface area contributed by atoms with Crippen molar-refractivity contribution in [1.29, 1.82) is 0 Å². The van der Waals surface area contributed by atoms with Crippen molar-refractivity contribution in [2.75, 3.05) is 7.11 Å². The smallest absolute Gasteiger partial charge is 0.108 e. The van der Waals surface area contributed by atoms with Crippen molar-refractivity contribution in [3.8, 4) is 0 Å². The molecular formula is C28H28O. The van der Waals surface area contributed by atoms with Crippen LogP contribution in [-0.4, -0.2) is 7.11 Å². The van der Waals surface area contributed by atoms with Crippen molar-refractivity contribution in [3.63, 3.8) is 0 Å². The Balaban J connectivity index is 1.55. The molecule has 3 aromatic rings. The summed E-state index contributed by atoms with van der Waals surface area (Å²) in [7, 11) is 1.80. The Bertz CT molecular complexity index is 1050. The first-order chi connectivity index (χ1) is 14.3. The van der Waals surface area contributed by atoms with E-state index in [1.54, 1.807) is 23.8 Å². The van der Waals surface area contributed by atoms with Gasteiger partial charge in [-0.05, 0) is 83.5 Å². The molecule has 0 fully saturated rings. The predicted molar refractivity (Wildman–Crippen MR) is 120 cm³/mol. The fourth-order valence-corrected chi connectivity index (χ4v) is 5.11. The molecule has 1 nitrogen and oxygen atoms in total. The number of rotatable bonds is 5. The minimum absolute atomic E-state index is 0.221. The molecule has 0 aliphatic heterocycles. The molecule has 5 rings (SSSR count). The molecule has 0 spiro atoms. The highest BCUT2D eigenvalue weighted by Gasteiger charge is 2.29. The van der Waals surface area contributed by atoms with Crippen LogP contribution >= 0.6 is 0 Å². The van der Waals surface area contributed by atoms with Crippen LogP contribution in [0.25, 0.3) is 6.08 Å². The zero-order valence-electron chi connectivity index (χ0n) is 17.2. The Hall–Kier alpha value is -2.80. The molecule has 0 bridgehead atoms. The number of ether oxygens (including phenoxy) is 1. The molecule has 1 unspecified atom stereocenters. The number of allylic oxidation sites excluding steroid dienone is 1. The van der Waals surface area contributed by atoms with E-state index < -0.39 is 0 Å². The number of hydrogen-bond donors (Lipinski definition) is 0. The van der Waals surface area contributed by atoms with Gasteiger partial charge < -0.3 is 4.74 Å². The number of benzene rings is 3. The van der Waals surface area contributed by atoms with E-state index in [9.17, 15) is 0 Å². The molecule has 0 saturated carbocycles. The minimum Gasteiger partial charge on any atom is -0.500 e. The maximum Gasteiger partial charge on any atom is 0.108 e. The molecule has 1 heteroatoms. The van der Waals surface area contributed by atoms with E-state index in [-0.39, 0.29) is 5.92 Å². The number of fused-ring (bicyclic) bond motifs is 2. The van der Waals surface area contributed by atoms with Gasteiger partial charge in [-0.15, -0.1) is 0 Å². The molecule has 0 heterocycles. The SMILES string of the molecule is COC1=Cc2ccccc2C1c1cc2c(c(CCc3ccccc3)c1)CCCC2. The molecule has 0 N–H and O–H groups in total. The summed E-state index contributed by atoms with van der Waals surface area (Å²) in [5.74, 6) is 1.29. The fraction of sp³-hybridized carbons (Fsp3) is 0.286. The van der Waals surface area contributed by atoms with E-state index >= 15 is 0 Å². The second-order valence-corrected chi connectivity index (χ2v) is 8.32. The molecule has 0 radical (unpaired) electrons. The lowest BCUT2D eigenvalue weighted by Gasteiger charge is -2.24. The summed E-state index contributed by atoms with van der Waals surface area (Å²) in [5.41, 5.74) is 10.2. The summed E-state index contributed by atoms with van der Waals surface area (Å²) in [4.78, 5) is 0. The van der Waals surface area contributed by atoms with E-state index in [1.165, 1.54) is 47.9 Å². The second-order valence-electron chi connectivity index (χ2n) is 8.32. The molecular weight excluding hydrogens is 352 g/mol. The Morgan fingerprint density at radius 1 is 0.862 bits per heavy atom. The van der Waals surface area contributed by atoms with E-state index in [1.807, 2.05) is 0 Å². The van der Waals surface area contributed by atoms with Gasteiger partial charge in [0.2, 0.25) is 0 Å². The van der Waals surface area contributed by atoms with Gasteiger partial charge in [-0.1, -0.05) is 66.7 Å². The second kappa shape index (κ2) is 7.91. The highest BCUT2D eigenvalue weighted by Crippen LogP contribution is 2.42. The fourth-order valence-electron chi connectivity index (χ4n) is 5.11. The third-order valence-electron chi connectivity index (χ3n) is 6.56. The van der Waals surface area contributed by atoms with Crippen molar-refractivity contribution in [2.45, 2.75) is 44.4 Å². The lowest BCUT2D eigenvalue weighted by molar-refractivity contribution is 0.279. The van der Waals surface area contributed by atoms with Crippen molar-refractivity contribution >= 4 is 6.08 Å². The van der Waals surface area contributed by atoms with Crippen LogP contribution in [0.3, 0.4) is 0 Å². The zero-order chi connectivity index (χ0) is 19.6. The van der Waals surface area contributed by atoms with Gasteiger partial charge in [0, 0.05) is 0 Å². The van der Waals surface area contributed by atoms with Gasteiger partial charge in [-0.2, -0.15) is 0 Å². The third-order valence-corrected chi connectivity index (χ3v) is 6.56. The number of aryl methyl sites for hydroxylation is 3. The van der Waals surface area contributed by atoms with Crippen LogP contribution in [0.1, 0.15) is 57.7 Å². The van der Waals surface area contributed by atoms with Gasteiger partial charge in [0.1, 0.15) is 5.76 Å². The molecule has 29 heavy (non-hydrogen) atoms.